The predicted octanol–water partition coefficient (Wildman–Crippen LogP) is 2.84. The van der Waals surface area contributed by atoms with Gasteiger partial charge in [0.05, 0.1) is 11.5 Å². The molecule has 21 heavy (non-hydrogen) atoms. The van der Waals surface area contributed by atoms with Crippen molar-refractivity contribution in [3.63, 3.8) is 0 Å². The number of nitro groups is 1. The number of aliphatic imine (C=N–C) groups is 1. The molecule has 0 fully saturated rings. The molecule has 0 aliphatic carbocycles. The van der Waals surface area contributed by atoms with Crippen LogP contribution in [0.4, 0.5) is 5.69 Å². The highest BCUT2D eigenvalue weighted by molar-refractivity contribution is 5.80. The standard InChI is InChI=1S/C15H24N4O2/c1-5-12(4)18-15(17-11(2)3)16-10-13-6-8-14(9-7-13)19(20)21/h6-9,11-12H,5,10H2,1-4H3,(H2,16,17,18). The molecule has 1 aromatic carbocycles. The molecule has 0 radical (unpaired) electrons. The molecule has 0 saturated heterocycles. The molecule has 1 atom stereocenters. The van der Waals surface area contributed by atoms with E-state index in [0.29, 0.717) is 12.6 Å². The van der Waals surface area contributed by atoms with Crippen LogP contribution >= 0.6 is 0 Å². The molecule has 0 bridgehead atoms. The molecule has 0 spiro atoms. The van der Waals surface area contributed by atoms with Crippen molar-refractivity contribution in [1.82, 2.24) is 10.6 Å². The fourth-order valence-electron chi connectivity index (χ4n) is 1.64. The number of nitrogens with zero attached hydrogens (tertiary/aromatic N) is 2. The van der Waals surface area contributed by atoms with Crippen molar-refractivity contribution in [2.75, 3.05) is 0 Å². The highest BCUT2D eigenvalue weighted by Gasteiger charge is 2.06. The summed E-state index contributed by atoms with van der Waals surface area (Å²) in [7, 11) is 0. The summed E-state index contributed by atoms with van der Waals surface area (Å²) in [5.41, 5.74) is 1.04. The SMILES string of the molecule is CCC(C)NC(=NCc1ccc([N+](=O)[O-])cc1)NC(C)C. The van der Waals surface area contributed by atoms with E-state index in [9.17, 15) is 10.1 Å². The lowest BCUT2D eigenvalue weighted by atomic mass is 10.2. The molecule has 2 N–H and O–H groups in total. The van der Waals surface area contributed by atoms with Crippen molar-refractivity contribution in [2.24, 2.45) is 4.99 Å². The lowest BCUT2D eigenvalue weighted by Crippen LogP contribution is -2.44. The average molecular weight is 292 g/mol. The number of nitro benzene ring substituents is 1. The van der Waals surface area contributed by atoms with Crippen molar-refractivity contribution < 1.29 is 4.92 Å². The van der Waals surface area contributed by atoms with E-state index in [1.807, 2.05) is 0 Å². The zero-order valence-electron chi connectivity index (χ0n) is 13.1. The van der Waals surface area contributed by atoms with Gasteiger partial charge < -0.3 is 10.6 Å². The zero-order valence-corrected chi connectivity index (χ0v) is 13.1. The van der Waals surface area contributed by atoms with Gasteiger partial charge in [0.2, 0.25) is 0 Å². The van der Waals surface area contributed by atoms with Gasteiger partial charge in [-0.1, -0.05) is 19.1 Å². The number of guanidine groups is 1. The van der Waals surface area contributed by atoms with E-state index >= 15 is 0 Å². The molecule has 0 amide bonds. The Labute approximate surface area is 125 Å². The van der Waals surface area contributed by atoms with Crippen molar-refractivity contribution in [3.05, 3.63) is 39.9 Å². The van der Waals surface area contributed by atoms with Crippen molar-refractivity contribution in [2.45, 2.75) is 52.7 Å². The van der Waals surface area contributed by atoms with Crippen LogP contribution < -0.4 is 10.6 Å². The molecule has 0 heterocycles. The van der Waals surface area contributed by atoms with Gasteiger partial charge in [0.1, 0.15) is 0 Å². The Morgan fingerprint density at radius 3 is 2.33 bits per heavy atom. The first-order valence-corrected chi connectivity index (χ1v) is 7.23. The fraction of sp³-hybridized carbons (Fsp3) is 0.533. The molecule has 0 aliphatic rings. The second kappa shape index (κ2) is 8.24. The number of non-ortho nitro benzene ring substituents is 1. The van der Waals surface area contributed by atoms with Crippen molar-refractivity contribution in [1.29, 1.82) is 0 Å². The molecule has 0 aliphatic heterocycles. The minimum Gasteiger partial charge on any atom is -0.354 e. The van der Waals surface area contributed by atoms with Crippen LogP contribution in [0.2, 0.25) is 0 Å². The van der Waals surface area contributed by atoms with Gasteiger partial charge >= 0.3 is 0 Å². The Bertz CT molecular complexity index is 483. The lowest BCUT2D eigenvalue weighted by molar-refractivity contribution is -0.384. The van der Waals surface area contributed by atoms with E-state index in [1.54, 1.807) is 12.1 Å². The smallest absolute Gasteiger partial charge is 0.269 e. The van der Waals surface area contributed by atoms with Crippen LogP contribution in [0.15, 0.2) is 29.3 Å². The van der Waals surface area contributed by atoms with E-state index in [4.69, 9.17) is 0 Å². The van der Waals surface area contributed by atoms with Gasteiger partial charge in [0.15, 0.2) is 5.96 Å². The zero-order chi connectivity index (χ0) is 15.8. The number of benzene rings is 1. The summed E-state index contributed by atoms with van der Waals surface area (Å²) in [6.07, 6.45) is 1.01. The summed E-state index contributed by atoms with van der Waals surface area (Å²) in [6.45, 7) is 8.81. The predicted molar refractivity (Wildman–Crippen MR) is 85.4 cm³/mol. The molecule has 6 nitrogen and oxygen atoms in total. The minimum atomic E-state index is -0.400. The van der Waals surface area contributed by atoms with Gasteiger partial charge in [0, 0.05) is 24.2 Å². The van der Waals surface area contributed by atoms with Gasteiger partial charge in [-0.3, -0.25) is 10.1 Å². The summed E-state index contributed by atoms with van der Waals surface area (Å²) in [5.74, 6) is 0.762. The topological polar surface area (TPSA) is 79.6 Å². The maximum atomic E-state index is 10.6. The summed E-state index contributed by atoms with van der Waals surface area (Å²) >= 11 is 0. The molecule has 116 valence electrons. The number of rotatable bonds is 6. The second-order valence-corrected chi connectivity index (χ2v) is 5.34. The Kier molecular flexibility index (Phi) is 6.65. The van der Waals surface area contributed by atoms with Crippen molar-refractivity contribution in [3.8, 4) is 0 Å². The number of hydrogen-bond acceptors (Lipinski definition) is 3. The molecule has 1 aromatic rings. The maximum Gasteiger partial charge on any atom is 0.269 e. The van der Waals surface area contributed by atoms with Crippen LogP contribution in [0.1, 0.15) is 39.7 Å². The van der Waals surface area contributed by atoms with E-state index < -0.39 is 4.92 Å². The number of nitrogens with one attached hydrogen (secondary N) is 2. The molecular weight excluding hydrogens is 268 g/mol. The summed E-state index contributed by atoms with van der Waals surface area (Å²) in [4.78, 5) is 14.7. The first kappa shape index (κ1) is 16.9. The largest absolute Gasteiger partial charge is 0.354 e. The van der Waals surface area contributed by atoms with Gasteiger partial charge in [-0.25, -0.2) is 4.99 Å². The maximum absolute atomic E-state index is 10.6. The first-order valence-electron chi connectivity index (χ1n) is 7.23. The Morgan fingerprint density at radius 1 is 1.24 bits per heavy atom. The Balaban J connectivity index is 2.73. The molecule has 0 aromatic heterocycles. The van der Waals surface area contributed by atoms with Gasteiger partial charge in [0.25, 0.3) is 5.69 Å². The van der Waals surface area contributed by atoms with E-state index in [0.717, 1.165) is 17.9 Å². The van der Waals surface area contributed by atoms with Crippen LogP contribution in [-0.4, -0.2) is 23.0 Å². The van der Waals surface area contributed by atoms with E-state index in [2.05, 4.69) is 43.3 Å². The Hall–Kier alpha value is -2.11. The molecule has 6 heteroatoms. The molecular formula is C15H24N4O2. The minimum absolute atomic E-state index is 0.0981. The highest BCUT2D eigenvalue weighted by Crippen LogP contribution is 2.12. The van der Waals surface area contributed by atoms with Crippen LogP contribution in [0, 0.1) is 10.1 Å². The van der Waals surface area contributed by atoms with Crippen LogP contribution in [-0.2, 0) is 6.54 Å². The van der Waals surface area contributed by atoms with Gasteiger partial charge in [-0.05, 0) is 32.8 Å². The molecule has 1 unspecified atom stereocenters. The van der Waals surface area contributed by atoms with Crippen LogP contribution in [0.3, 0.4) is 0 Å². The third-order valence-corrected chi connectivity index (χ3v) is 2.99. The summed E-state index contributed by atoms with van der Waals surface area (Å²) in [6, 6.07) is 7.10. The normalized spacial score (nSPS) is 13.1. The van der Waals surface area contributed by atoms with E-state index in [-0.39, 0.29) is 11.7 Å². The average Bonchev–Trinajstić information content (AvgIpc) is 2.44. The highest BCUT2D eigenvalue weighted by atomic mass is 16.6. The number of hydrogen-bond donors (Lipinski definition) is 2. The van der Waals surface area contributed by atoms with E-state index in [1.165, 1.54) is 12.1 Å². The Morgan fingerprint density at radius 2 is 1.86 bits per heavy atom. The third-order valence-electron chi connectivity index (χ3n) is 2.99. The van der Waals surface area contributed by atoms with Gasteiger partial charge in [-0.15, -0.1) is 0 Å². The monoisotopic (exact) mass is 292 g/mol. The summed E-state index contributed by atoms with van der Waals surface area (Å²) in [5, 5.41) is 17.2. The quantitative estimate of drug-likeness (QED) is 0.366. The molecule has 0 saturated carbocycles. The second-order valence-electron chi connectivity index (χ2n) is 5.34. The first-order chi connectivity index (χ1) is 9.92. The van der Waals surface area contributed by atoms with Crippen LogP contribution in [0.5, 0.6) is 0 Å². The fourth-order valence-corrected chi connectivity index (χ4v) is 1.64. The lowest BCUT2D eigenvalue weighted by Gasteiger charge is -2.19. The third kappa shape index (κ3) is 6.25. The van der Waals surface area contributed by atoms with Crippen molar-refractivity contribution >= 4 is 11.6 Å². The summed E-state index contributed by atoms with van der Waals surface area (Å²) < 4.78 is 0. The van der Waals surface area contributed by atoms with Gasteiger partial charge in [-0.2, -0.15) is 0 Å². The molecule has 1 rings (SSSR count). The van der Waals surface area contributed by atoms with Crippen LogP contribution in [0.25, 0.3) is 0 Å².